The zero-order valence-corrected chi connectivity index (χ0v) is 26.4. The Bertz CT molecular complexity index is 1590. The number of hydrogen-bond donors (Lipinski definition) is 2. The second kappa shape index (κ2) is 15.4. The summed E-state index contributed by atoms with van der Waals surface area (Å²) in [6, 6.07) is 8.35. The molecule has 1 fully saturated rings. The molecule has 17 heteroatoms. The van der Waals surface area contributed by atoms with Gasteiger partial charge in [0.15, 0.2) is 0 Å². The molecule has 0 bridgehead atoms. The fraction of sp³-hybridized carbons (Fsp3) is 0.300. The molecule has 0 spiro atoms. The third kappa shape index (κ3) is 10.5. The summed E-state index contributed by atoms with van der Waals surface area (Å²) in [4.78, 5) is 46.9. The van der Waals surface area contributed by atoms with Crippen molar-refractivity contribution in [2.24, 2.45) is 0 Å². The molecule has 10 nitrogen and oxygen atoms in total. The van der Waals surface area contributed by atoms with E-state index in [1.165, 1.54) is 13.2 Å². The summed E-state index contributed by atoms with van der Waals surface area (Å²) in [7, 11) is 3.30. The topological polar surface area (TPSA) is 127 Å². The molecular formula is C30H28BrF6N5O5. The lowest BCUT2D eigenvalue weighted by Crippen LogP contribution is -2.45. The molecule has 0 unspecified atom stereocenters. The first-order chi connectivity index (χ1) is 21.9. The number of alkyl halides is 6. The van der Waals surface area contributed by atoms with Crippen LogP contribution < -0.4 is 4.90 Å². The van der Waals surface area contributed by atoms with Gasteiger partial charge < -0.3 is 24.9 Å². The number of carbonyl (C=O) groups is 3. The van der Waals surface area contributed by atoms with Crippen LogP contribution in [0.5, 0.6) is 0 Å². The third-order valence-electron chi connectivity index (χ3n) is 6.70. The summed E-state index contributed by atoms with van der Waals surface area (Å²) in [5.41, 5.74) is -2.26. The van der Waals surface area contributed by atoms with Crippen molar-refractivity contribution < 1.29 is 50.9 Å². The zero-order valence-electron chi connectivity index (χ0n) is 24.8. The number of carboxylic acid groups (broad SMARTS) is 2. The van der Waals surface area contributed by atoms with E-state index in [4.69, 9.17) is 10.2 Å². The summed E-state index contributed by atoms with van der Waals surface area (Å²) in [5, 5.41) is 15.6. The SMILES string of the molecule is CN1CCN(c2ncc(C(=O)N(C)Cc3cc(C(F)(F)F)cc(C(F)(F)F)c3)c(-c3ccccc3Br)n2)CC1.O=C(O)/C=C/C(=O)O. The number of carboxylic acids is 2. The van der Waals surface area contributed by atoms with Crippen LogP contribution in [0.1, 0.15) is 27.0 Å². The number of likely N-dealkylation sites (N-methyl/N-ethyl adjacent to an activating group) is 1. The largest absolute Gasteiger partial charge is 0.478 e. The molecule has 2 N–H and O–H groups in total. The van der Waals surface area contributed by atoms with E-state index in [-0.39, 0.29) is 17.2 Å². The van der Waals surface area contributed by atoms with Gasteiger partial charge in [0.1, 0.15) is 0 Å². The number of aromatic nitrogens is 2. The Kier molecular flexibility index (Phi) is 12.1. The lowest BCUT2D eigenvalue weighted by atomic mass is 10.0. The number of anilines is 1. The van der Waals surface area contributed by atoms with E-state index in [2.05, 4.69) is 30.8 Å². The lowest BCUT2D eigenvalue weighted by Gasteiger charge is -2.32. The molecule has 3 aromatic rings. The quantitative estimate of drug-likeness (QED) is 0.233. The van der Waals surface area contributed by atoms with Crippen LogP contribution in [0.15, 0.2) is 65.3 Å². The fourth-order valence-electron chi connectivity index (χ4n) is 4.35. The van der Waals surface area contributed by atoms with Crippen molar-refractivity contribution in [2.75, 3.05) is 45.2 Å². The van der Waals surface area contributed by atoms with Crippen molar-refractivity contribution in [1.29, 1.82) is 0 Å². The molecule has 0 atom stereocenters. The molecule has 4 rings (SSSR count). The van der Waals surface area contributed by atoms with Gasteiger partial charge in [-0.15, -0.1) is 0 Å². The van der Waals surface area contributed by atoms with E-state index in [1.54, 1.807) is 24.3 Å². The van der Waals surface area contributed by atoms with E-state index in [0.29, 0.717) is 59.1 Å². The smallest absolute Gasteiger partial charge is 0.416 e. The molecule has 47 heavy (non-hydrogen) atoms. The zero-order chi connectivity index (χ0) is 35.1. The predicted octanol–water partition coefficient (Wildman–Crippen LogP) is 5.68. The van der Waals surface area contributed by atoms with Crippen LogP contribution in [0.3, 0.4) is 0 Å². The Hall–Kier alpha value is -4.51. The van der Waals surface area contributed by atoms with Crippen molar-refractivity contribution in [2.45, 2.75) is 18.9 Å². The first-order valence-electron chi connectivity index (χ1n) is 13.6. The standard InChI is InChI=1S/C26H24BrF6N5O.C4H4O4/c1-36-7-9-38(10-8-36)24-34-14-20(22(35-24)19-5-3-4-6-21(19)27)23(39)37(2)15-16-11-17(25(28,29)30)13-18(12-16)26(31,32)33;5-3(6)1-2-4(7)8/h3-6,11-14H,7-10,15H2,1-2H3;1-2H,(H,5,6)(H,7,8)/b;2-1+. The highest BCUT2D eigenvalue weighted by molar-refractivity contribution is 9.10. The highest BCUT2D eigenvalue weighted by atomic mass is 79.9. The number of halogens is 7. The maximum absolute atomic E-state index is 13.5. The minimum absolute atomic E-state index is 0.0568. The normalized spacial score (nSPS) is 14.0. The molecule has 0 saturated carbocycles. The van der Waals surface area contributed by atoms with Gasteiger partial charge in [-0.1, -0.05) is 34.1 Å². The van der Waals surface area contributed by atoms with Gasteiger partial charge >= 0.3 is 24.3 Å². The summed E-state index contributed by atoms with van der Waals surface area (Å²) in [5.74, 6) is -2.75. The number of nitrogens with zero attached hydrogens (tertiary/aromatic N) is 5. The van der Waals surface area contributed by atoms with Crippen LogP contribution in [0.4, 0.5) is 32.3 Å². The number of rotatable bonds is 7. The van der Waals surface area contributed by atoms with Crippen molar-refractivity contribution in [1.82, 2.24) is 19.8 Å². The van der Waals surface area contributed by atoms with Gasteiger partial charge in [-0.3, -0.25) is 4.79 Å². The monoisotopic (exact) mass is 731 g/mol. The number of aliphatic carboxylic acids is 2. The van der Waals surface area contributed by atoms with E-state index in [1.807, 2.05) is 11.9 Å². The van der Waals surface area contributed by atoms with Gasteiger partial charge in [0, 0.05) is 68.2 Å². The van der Waals surface area contributed by atoms with Gasteiger partial charge in [-0.05, 0) is 36.9 Å². The van der Waals surface area contributed by atoms with E-state index < -0.39 is 47.9 Å². The molecule has 1 aromatic heterocycles. The molecule has 2 aromatic carbocycles. The van der Waals surface area contributed by atoms with Crippen molar-refractivity contribution >= 4 is 39.7 Å². The number of benzene rings is 2. The van der Waals surface area contributed by atoms with Crippen LogP contribution >= 0.6 is 15.9 Å². The Morgan fingerprint density at radius 1 is 0.915 bits per heavy atom. The molecule has 0 radical (unpaired) electrons. The van der Waals surface area contributed by atoms with Gasteiger partial charge in [0.25, 0.3) is 5.91 Å². The van der Waals surface area contributed by atoms with Crippen molar-refractivity contribution in [3.05, 3.63) is 87.5 Å². The third-order valence-corrected chi connectivity index (χ3v) is 7.40. The first-order valence-corrected chi connectivity index (χ1v) is 14.4. The maximum Gasteiger partial charge on any atom is 0.416 e. The van der Waals surface area contributed by atoms with Crippen LogP contribution in [0.25, 0.3) is 11.3 Å². The molecule has 2 heterocycles. The van der Waals surface area contributed by atoms with Crippen molar-refractivity contribution in [3.63, 3.8) is 0 Å². The molecule has 1 aliphatic heterocycles. The molecule has 1 aliphatic rings. The minimum atomic E-state index is -4.99. The first kappa shape index (κ1) is 37.0. The predicted molar refractivity (Wildman–Crippen MR) is 162 cm³/mol. The lowest BCUT2D eigenvalue weighted by molar-refractivity contribution is -0.143. The second-order valence-electron chi connectivity index (χ2n) is 10.3. The highest BCUT2D eigenvalue weighted by Gasteiger charge is 2.37. The van der Waals surface area contributed by atoms with Gasteiger partial charge in [0.05, 0.1) is 22.4 Å². The summed E-state index contributed by atoms with van der Waals surface area (Å²) in [6.07, 6.45) is -7.51. The second-order valence-corrected chi connectivity index (χ2v) is 11.1. The Labute approximate surface area is 273 Å². The van der Waals surface area contributed by atoms with Crippen LogP contribution in [-0.2, 0) is 28.5 Å². The Balaban J connectivity index is 0.000000665. The van der Waals surface area contributed by atoms with E-state index >= 15 is 0 Å². The Morgan fingerprint density at radius 3 is 1.94 bits per heavy atom. The molecule has 1 saturated heterocycles. The molecule has 1 amide bonds. The molecule has 252 valence electrons. The van der Waals surface area contributed by atoms with Crippen LogP contribution in [-0.4, -0.2) is 88.1 Å². The summed E-state index contributed by atoms with van der Waals surface area (Å²) >= 11 is 3.47. The van der Waals surface area contributed by atoms with Crippen LogP contribution in [0, 0.1) is 0 Å². The number of amides is 1. The molecule has 0 aliphatic carbocycles. The number of hydrogen-bond acceptors (Lipinski definition) is 7. The number of piperazine rings is 1. The van der Waals surface area contributed by atoms with Gasteiger partial charge in [-0.25, -0.2) is 19.6 Å². The minimum Gasteiger partial charge on any atom is -0.478 e. The molecular weight excluding hydrogens is 704 g/mol. The Morgan fingerprint density at radius 2 is 1.45 bits per heavy atom. The van der Waals surface area contributed by atoms with Crippen molar-refractivity contribution in [3.8, 4) is 11.3 Å². The van der Waals surface area contributed by atoms with E-state index in [0.717, 1.165) is 18.0 Å². The summed E-state index contributed by atoms with van der Waals surface area (Å²) in [6.45, 7) is 2.45. The summed E-state index contributed by atoms with van der Waals surface area (Å²) < 4.78 is 80.5. The average molecular weight is 732 g/mol. The van der Waals surface area contributed by atoms with Crippen LogP contribution in [0.2, 0.25) is 0 Å². The fourth-order valence-corrected chi connectivity index (χ4v) is 4.82. The number of carbonyl (C=O) groups excluding carboxylic acids is 1. The van der Waals surface area contributed by atoms with Gasteiger partial charge in [0.2, 0.25) is 5.95 Å². The average Bonchev–Trinajstić information content (AvgIpc) is 2.99. The van der Waals surface area contributed by atoms with E-state index in [9.17, 15) is 40.7 Å². The van der Waals surface area contributed by atoms with Gasteiger partial charge in [-0.2, -0.15) is 26.3 Å². The highest BCUT2D eigenvalue weighted by Crippen LogP contribution is 2.37. The maximum atomic E-state index is 13.5.